The van der Waals surface area contributed by atoms with Gasteiger partial charge in [-0.15, -0.1) is 6.58 Å². The topological polar surface area (TPSA) is 61.7 Å². The Labute approximate surface area is 83.6 Å². The van der Waals surface area contributed by atoms with Crippen LogP contribution in [-0.2, 0) is 4.74 Å². The number of ether oxygens (including phenoxy) is 1. The lowest BCUT2D eigenvalue weighted by atomic mass is 9.97. The van der Waals surface area contributed by atoms with Gasteiger partial charge in [-0.1, -0.05) is 6.08 Å². The van der Waals surface area contributed by atoms with Crippen molar-refractivity contribution in [3.05, 3.63) is 12.7 Å². The Bertz CT molecular complexity index is 221. The smallest absolute Gasteiger partial charge is 0.110 e. The van der Waals surface area contributed by atoms with Gasteiger partial charge in [0.2, 0.25) is 0 Å². The van der Waals surface area contributed by atoms with E-state index in [4.69, 9.17) is 4.74 Å². The lowest BCUT2D eigenvalue weighted by Crippen LogP contribution is -2.47. The fourth-order valence-electron chi connectivity index (χ4n) is 2.27. The van der Waals surface area contributed by atoms with Crippen molar-refractivity contribution in [2.45, 2.75) is 43.3 Å². The van der Waals surface area contributed by atoms with Crippen LogP contribution in [0.2, 0.25) is 0 Å². The van der Waals surface area contributed by atoms with Gasteiger partial charge in [-0.25, -0.2) is 0 Å². The highest BCUT2D eigenvalue weighted by Gasteiger charge is 2.46. The normalized spacial score (nSPS) is 47.4. The Hall–Kier alpha value is -0.420. The van der Waals surface area contributed by atoms with Crippen molar-refractivity contribution >= 4 is 0 Å². The van der Waals surface area contributed by atoms with E-state index >= 15 is 0 Å². The number of fused-ring (bicyclic) bond motifs is 2. The van der Waals surface area contributed by atoms with E-state index in [0.717, 1.165) is 19.4 Å². The molecule has 0 aromatic carbocycles. The highest BCUT2D eigenvalue weighted by Crippen LogP contribution is 2.28. The first-order valence-electron chi connectivity index (χ1n) is 5.10. The fourth-order valence-corrected chi connectivity index (χ4v) is 2.27. The van der Waals surface area contributed by atoms with Crippen molar-refractivity contribution in [1.29, 1.82) is 0 Å². The minimum absolute atomic E-state index is 0.0737. The summed E-state index contributed by atoms with van der Waals surface area (Å²) in [5.74, 6) is 0. The summed E-state index contributed by atoms with van der Waals surface area (Å²) < 4.78 is 5.60. The van der Waals surface area contributed by atoms with Crippen LogP contribution in [0.4, 0.5) is 0 Å². The van der Waals surface area contributed by atoms with Crippen molar-refractivity contribution in [3.63, 3.8) is 0 Å². The number of nitrogens with one attached hydrogen (secondary N) is 1. The van der Waals surface area contributed by atoms with Gasteiger partial charge in [-0.3, -0.25) is 0 Å². The van der Waals surface area contributed by atoms with E-state index in [0.29, 0.717) is 0 Å². The average Bonchev–Trinajstić information content (AvgIpc) is 2.41. The molecular weight excluding hydrogens is 182 g/mol. The molecule has 2 fully saturated rings. The molecule has 0 amide bonds. The van der Waals surface area contributed by atoms with Gasteiger partial charge in [0.25, 0.3) is 0 Å². The Morgan fingerprint density at radius 3 is 2.93 bits per heavy atom. The second-order valence-electron chi connectivity index (χ2n) is 3.99. The molecule has 2 saturated heterocycles. The number of aliphatic hydroxyl groups is 2. The van der Waals surface area contributed by atoms with Gasteiger partial charge in [0.05, 0.1) is 6.10 Å². The van der Waals surface area contributed by atoms with Gasteiger partial charge in [0, 0.05) is 6.04 Å². The highest BCUT2D eigenvalue weighted by atomic mass is 16.5. The third-order valence-electron chi connectivity index (χ3n) is 3.05. The molecule has 0 aromatic rings. The number of hydrogen-bond donors (Lipinski definition) is 3. The molecule has 2 aliphatic heterocycles. The summed E-state index contributed by atoms with van der Waals surface area (Å²) in [7, 11) is 0. The second-order valence-corrected chi connectivity index (χ2v) is 3.99. The predicted octanol–water partition coefficient (Wildman–Crippen LogP) is -0.586. The monoisotopic (exact) mass is 199 g/mol. The van der Waals surface area contributed by atoms with E-state index in [1.807, 2.05) is 0 Å². The number of rotatable bonds is 2. The van der Waals surface area contributed by atoms with Crippen LogP contribution >= 0.6 is 0 Å². The predicted molar refractivity (Wildman–Crippen MR) is 51.9 cm³/mol. The maximum Gasteiger partial charge on any atom is 0.110 e. The molecule has 0 saturated carbocycles. The van der Waals surface area contributed by atoms with Crippen LogP contribution in [0.5, 0.6) is 0 Å². The van der Waals surface area contributed by atoms with Gasteiger partial charge in [-0.2, -0.15) is 0 Å². The summed E-state index contributed by atoms with van der Waals surface area (Å²) in [5, 5.41) is 22.7. The summed E-state index contributed by atoms with van der Waals surface area (Å²) >= 11 is 0. The molecular formula is C10H17NO3. The Kier molecular flexibility index (Phi) is 2.88. The van der Waals surface area contributed by atoms with Gasteiger partial charge in [-0.05, 0) is 19.4 Å². The van der Waals surface area contributed by atoms with Crippen LogP contribution in [0.15, 0.2) is 12.7 Å². The quantitative estimate of drug-likeness (QED) is 0.520. The lowest BCUT2D eigenvalue weighted by Gasteiger charge is -2.25. The van der Waals surface area contributed by atoms with E-state index in [1.165, 1.54) is 0 Å². The minimum atomic E-state index is -0.766. The van der Waals surface area contributed by atoms with Crippen LogP contribution in [-0.4, -0.2) is 47.2 Å². The molecule has 4 nitrogen and oxygen atoms in total. The fraction of sp³-hybridized carbons (Fsp3) is 0.800. The summed E-state index contributed by atoms with van der Waals surface area (Å²) in [4.78, 5) is 0. The van der Waals surface area contributed by atoms with Gasteiger partial charge in [0.1, 0.15) is 18.3 Å². The zero-order valence-electron chi connectivity index (χ0n) is 8.10. The molecule has 0 aliphatic carbocycles. The maximum absolute atomic E-state index is 9.74. The van der Waals surface area contributed by atoms with Crippen LogP contribution in [0.25, 0.3) is 0 Å². The minimum Gasteiger partial charge on any atom is -0.388 e. The lowest BCUT2D eigenvalue weighted by molar-refractivity contribution is 0.000261. The van der Waals surface area contributed by atoms with Crippen LogP contribution in [0.1, 0.15) is 12.8 Å². The molecule has 80 valence electrons. The third kappa shape index (κ3) is 1.59. The molecule has 14 heavy (non-hydrogen) atoms. The molecule has 0 spiro atoms. The molecule has 4 heteroatoms. The van der Waals surface area contributed by atoms with Crippen molar-refractivity contribution in [1.82, 2.24) is 5.32 Å². The molecule has 2 aliphatic rings. The van der Waals surface area contributed by atoms with Crippen molar-refractivity contribution in [3.8, 4) is 0 Å². The van der Waals surface area contributed by atoms with Gasteiger partial charge in [0.15, 0.2) is 0 Å². The van der Waals surface area contributed by atoms with Crippen LogP contribution in [0, 0.1) is 0 Å². The summed E-state index contributed by atoms with van der Waals surface area (Å²) in [6.07, 6.45) is 1.31. The molecule has 2 bridgehead atoms. The summed E-state index contributed by atoms with van der Waals surface area (Å²) in [5.41, 5.74) is 0. The van der Waals surface area contributed by atoms with E-state index < -0.39 is 12.2 Å². The molecule has 0 radical (unpaired) electrons. The zero-order valence-corrected chi connectivity index (χ0v) is 8.10. The van der Waals surface area contributed by atoms with E-state index in [2.05, 4.69) is 11.9 Å². The summed E-state index contributed by atoms with van der Waals surface area (Å²) in [6, 6.07) is 0.0737. The van der Waals surface area contributed by atoms with Crippen molar-refractivity contribution in [2.24, 2.45) is 0 Å². The largest absolute Gasteiger partial charge is 0.388 e. The Morgan fingerprint density at radius 2 is 2.21 bits per heavy atom. The second kappa shape index (κ2) is 3.98. The van der Waals surface area contributed by atoms with E-state index in [-0.39, 0.29) is 18.2 Å². The average molecular weight is 199 g/mol. The van der Waals surface area contributed by atoms with Crippen LogP contribution in [0.3, 0.4) is 0 Å². The van der Waals surface area contributed by atoms with Crippen molar-refractivity contribution < 1.29 is 14.9 Å². The van der Waals surface area contributed by atoms with E-state index in [9.17, 15) is 10.2 Å². The first-order chi connectivity index (χ1) is 6.74. The Balaban J connectivity index is 2.11. The van der Waals surface area contributed by atoms with E-state index in [1.54, 1.807) is 6.08 Å². The van der Waals surface area contributed by atoms with Gasteiger partial charge >= 0.3 is 0 Å². The first kappa shape index (κ1) is 10.1. The SMILES string of the molecule is C=CCC1NCC[C@@H]2O[C@H]1[C@@H](O)[C@H]2O. The van der Waals surface area contributed by atoms with Gasteiger partial charge < -0.3 is 20.3 Å². The van der Waals surface area contributed by atoms with Crippen molar-refractivity contribution in [2.75, 3.05) is 6.54 Å². The molecule has 2 rings (SSSR count). The Morgan fingerprint density at radius 1 is 1.43 bits per heavy atom. The zero-order chi connectivity index (χ0) is 10.1. The third-order valence-corrected chi connectivity index (χ3v) is 3.05. The number of aliphatic hydroxyl groups excluding tert-OH is 2. The highest BCUT2D eigenvalue weighted by molar-refractivity contribution is 5.00. The molecule has 5 atom stereocenters. The van der Waals surface area contributed by atoms with Crippen LogP contribution < -0.4 is 5.32 Å². The standard InChI is InChI=1S/C10H17NO3/c1-2-3-6-10-9(13)8(12)7(14-10)4-5-11-6/h2,6-13H,1,3-5H2/t6?,7-,8-,9-,10+/m0/s1. The molecule has 0 aromatic heterocycles. The first-order valence-corrected chi connectivity index (χ1v) is 5.10. The molecule has 1 unspecified atom stereocenters. The number of hydrogen-bond acceptors (Lipinski definition) is 4. The summed E-state index contributed by atoms with van der Waals surface area (Å²) in [6.45, 7) is 4.49. The maximum atomic E-state index is 9.74. The molecule has 3 N–H and O–H groups in total. The molecule has 2 heterocycles.